The zero-order valence-corrected chi connectivity index (χ0v) is 13.7. The summed E-state index contributed by atoms with van der Waals surface area (Å²) >= 11 is 9.98. The van der Waals surface area contributed by atoms with Gasteiger partial charge in [0.2, 0.25) is 0 Å². The molecule has 0 aliphatic rings. The second-order valence-electron chi connectivity index (χ2n) is 5.05. The summed E-state index contributed by atoms with van der Waals surface area (Å²) in [5.74, 6) is -0.224. The first-order valence-corrected chi connectivity index (χ1v) is 7.94. The van der Waals surface area contributed by atoms with Gasteiger partial charge in [0.1, 0.15) is 5.82 Å². The molecule has 0 saturated heterocycles. The van der Waals surface area contributed by atoms with Gasteiger partial charge in [0.25, 0.3) is 0 Å². The molecule has 3 heteroatoms. The normalized spacial score (nSPS) is 12.6. The molecule has 0 aliphatic heterocycles. The molecule has 0 amide bonds. The Morgan fingerprint density at radius 2 is 1.67 bits per heavy atom. The first kappa shape index (κ1) is 14.6. The highest BCUT2D eigenvalue weighted by Crippen LogP contribution is 2.38. The van der Waals surface area contributed by atoms with Gasteiger partial charge in [-0.1, -0.05) is 63.9 Å². The van der Waals surface area contributed by atoms with Gasteiger partial charge in [0.15, 0.2) is 0 Å². The molecule has 0 spiro atoms. The zero-order chi connectivity index (χ0) is 15.0. The van der Waals surface area contributed by atoms with Crippen molar-refractivity contribution in [3.63, 3.8) is 0 Å². The first-order chi connectivity index (χ1) is 10.1. The van der Waals surface area contributed by atoms with Gasteiger partial charge in [-0.3, -0.25) is 0 Å². The molecule has 0 saturated carbocycles. The molecule has 0 bridgehead atoms. The Labute approximate surface area is 136 Å². The SMILES string of the molecule is Cc1ccc(F)cc1C(Br)c1ccc(Cl)c2ccccc12. The minimum absolute atomic E-state index is 0.0737. The third-order valence-electron chi connectivity index (χ3n) is 3.69. The third kappa shape index (κ3) is 2.70. The van der Waals surface area contributed by atoms with Gasteiger partial charge in [-0.15, -0.1) is 0 Å². The quantitative estimate of drug-likeness (QED) is 0.460. The lowest BCUT2D eigenvalue weighted by molar-refractivity contribution is 0.625. The van der Waals surface area contributed by atoms with E-state index in [0.717, 1.165) is 32.5 Å². The average molecular weight is 364 g/mol. The molecule has 21 heavy (non-hydrogen) atoms. The second kappa shape index (κ2) is 5.78. The summed E-state index contributed by atoms with van der Waals surface area (Å²) in [6.45, 7) is 1.99. The number of alkyl halides is 1. The van der Waals surface area contributed by atoms with Crippen molar-refractivity contribution in [1.82, 2.24) is 0 Å². The van der Waals surface area contributed by atoms with Crippen molar-refractivity contribution in [3.8, 4) is 0 Å². The molecule has 0 fully saturated rings. The third-order valence-corrected chi connectivity index (χ3v) is 5.01. The Morgan fingerprint density at radius 3 is 2.43 bits per heavy atom. The lowest BCUT2D eigenvalue weighted by atomic mass is 9.96. The van der Waals surface area contributed by atoms with Crippen molar-refractivity contribution in [2.75, 3.05) is 0 Å². The minimum Gasteiger partial charge on any atom is -0.207 e. The number of benzene rings is 3. The van der Waals surface area contributed by atoms with Crippen LogP contribution in [-0.4, -0.2) is 0 Å². The fourth-order valence-corrected chi connectivity index (χ4v) is 3.68. The van der Waals surface area contributed by atoms with Gasteiger partial charge in [0, 0.05) is 10.4 Å². The zero-order valence-electron chi connectivity index (χ0n) is 11.4. The van der Waals surface area contributed by atoms with Gasteiger partial charge in [-0.2, -0.15) is 0 Å². The van der Waals surface area contributed by atoms with Gasteiger partial charge in [-0.25, -0.2) is 4.39 Å². The molecule has 3 rings (SSSR count). The van der Waals surface area contributed by atoms with E-state index in [2.05, 4.69) is 15.9 Å². The largest absolute Gasteiger partial charge is 0.207 e. The van der Waals surface area contributed by atoms with E-state index in [-0.39, 0.29) is 10.6 Å². The van der Waals surface area contributed by atoms with Crippen LogP contribution in [0.2, 0.25) is 5.02 Å². The van der Waals surface area contributed by atoms with E-state index in [0.29, 0.717) is 0 Å². The second-order valence-corrected chi connectivity index (χ2v) is 6.37. The smallest absolute Gasteiger partial charge is 0.123 e. The summed E-state index contributed by atoms with van der Waals surface area (Å²) in [7, 11) is 0. The molecular weight excluding hydrogens is 351 g/mol. The number of aryl methyl sites for hydroxylation is 1. The van der Waals surface area contributed by atoms with Crippen molar-refractivity contribution >= 4 is 38.3 Å². The van der Waals surface area contributed by atoms with Crippen molar-refractivity contribution in [3.05, 3.63) is 82.1 Å². The molecule has 106 valence electrons. The summed E-state index contributed by atoms with van der Waals surface area (Å²) in [6.07, 6.45) is 0. The summed E-state index contributed by atoms with van der Waals surface area (Å²) in [6, 6.07) is 16.7. The van der Waals surface area contributed by atoms with E-state index >= 15 is 0 Å². The molecular formula is C18H13BrClF. The van der Waals surface area contributed by atoms with Crippen LogP contribution in [0.4, 0.5) is 4.39 Å². The number of rotatable bonds is 2. The fraction of sp³-hybridized carbons (Fsp3) is 0.111. The minimum atomic E-state index is -0.224. The summed E-state index contributed by atoms with van der Waals surface area (Å²) in [4.78, 5) is -0.0737. The Morgan fingerprint density at radius 1 is 0.952 bits per heavy atom. The van der Waals surface area contributed by atoms with Crippen LogP contribution in [0, 0.1) is 12.7 Å². The van der Waals surface area contributed by atoms with Gasteiger partial charge in [0.05, 0.1) is 4.83 Å². The average Bonchev–Trinajstić information content (AvgIpc) is 2.50. The Bertz CT molecular complexity index is 813. The lowest BCUT2D eigenvalue weighted by Gasteiger charge is -2.16. The molecule has 3 aromatic carbocycles. The number of fused-ring (bicyclic) bond motifs is 1. The molecule has 1 unspecified atom stereocenters. The molecule has 3 aromatic rings. The van der Waals surface area contributed by atoms with Crippen LogP contribution in [-0.2, 0) is 0 Å². The number of hydrogen-bond donors (Lipinski definition) is 0. The van der Waals surface area contributed by atoms with Crippen LogP contribution in [0.5, 0.6) is 0 Å². The van der Waals surface area contributed by atoms with Crippen LogP contribution >= 0.6 is 27.5 Å². The highest BCUT2D eigenvalue weighted by molar-refractivity contribution is 9.09. The van der Waals surface area contributed by atoms with Crippen LogP contribution in [0.25, 0.3) is 10.8 Å². The molecule has 0 N–H and O–H groups in total. The maximum absolute atomic E-state index is 13.6. The van der Waals surface area contributed by atoms with Crippen LogP contribution < -0.4 is 0 Å². The van der Waals surface area contributed by atoms with E-state index < -0.39 is 0 Å². The number of halogens is 3. The maximum atomic E-state index is 13.6. The Kier molecular flexibility index (Phi) is 4.01. The van der Waals surface area contributed by atoms with E-state index in [1.165, 1.54) is 6.07 Å². The molecule has 0 aromatic heterocycles. The van der Waals surface area contributed by atoms with Gasteiger partial charge >= 0.3 is 0 Å². The topological polar surface area (TPSA) is 0 Å². The highest BCUT2D eigenvalue weighted by atomic mass is 79.9. The monoisotopic (exact) mass is 362 g/mol. The lowest BCUT2D eigenvalue weighted by Crippen LogP contribution is -1.98. The van der Waals surface area contributed by atoms with Crippen molar-refractivity contribution in [2.45, 2.75) is 11.8 Å². The van der Waals surface area contributed by atoms with Crippen molar-refractivity contribution in [2.24, 2.45) is 0 Å². The summed E-state index contributed by atoms with van der Waals surface area (Å²) < 4.78 is 13.6. The predicted octanol–water partition coefficient (Wildman–Crippen LogP) is 6.43. The van der Waals surface area contributed by atoms with E-state index in [4.69, 9.17) is 11.6 Å². The summed E-state index contributed by atoms with van der Waals surface area (Å²) in [5, 5.41) is 2.82. The van der Waals surface area contributed by atoms with Crippen molar-refractivity contribution in [1.29, 1.82) is 0 Å². The Balaban J connectivity index is 2.20. The highest BCUT2D eigenvalue weighted by Gasteiger charge is 2.17. The number of hydrogen-bond acceptors (Lipinski definition) is 0. The molecule has 0 aliphatic carbocycles. The van der Waals surface area contributed by atoms with Crippen LogP contribution in [0.1, 0.15) is 21.5 Å². The van der Waals surface area contributed by atoms with E-state index in [9.17, 15) is 4.39 Å². The van der Waals surface area contributed by atoms with Gasteiger partial charge < -0.3 is 0 Å². The first-order valence-electron chi connectivity index (χ1n) is 6.65. The Hall–Kier alpha value is -1.38. The fourth-order valence-electron chi connectivity index (χ4n) is 2.56. The summed E-state index contributed by atoms with van der Waals surface area (Å²) in [5.41, 5.74) is 3.07. The standard InChI is InChI=1S/C18H13BrClF/c1-11-6-7-12(21)10-16(11)18(19)15-8-9-17(20)14-5-3-2-4-13(14)15/h2-10,18H,1H3. The van der Waals surface area contributed by atoms with E-state index in [1.54, 1.807) is 12.1 Å². The predicted molar refractivity (Wildman–Crippen MR) is 90.9 cm³/mol. The molecule has 0 radical (unpaired) electrons. The van der Waals surface area contributed by atoms with Crippen LogP contribution in [0.3, 0.4) is 0 Å². The molecule has 1 atom stereocenters. The molecule has 0 nitrogen and oxygen atoms in total. The van der Waals surface area contributed by atoms with Gasteiger partial charge in [-0.05, 0) is 47.2 Å². The maximum Gasteiger partial charge on any atom is 0.123 e. The van der Waals surface area contributed by atoms with Crippen LogP contribution in [0.15, 0.2) is 54.6 Å². The molecule has 0 heterocycles. The van der Waals surface area contributed by atoms with Crippen molar-refractivity contribution < 1.29 is 4.39 Å². The van der Waals surface area contributed by atoms with E-state index in [1.807, 2.05) is 43.3 Å².